The van der Waals surface area contributed by atoms with Gasteiger partial charge in [-0.15, -0.1) is 11.3 Å². The Labute approximate surface area is 177 Å². The van der Waals surface area contributed by atoms with Crippen molar-refractivity contribution >= 4 is 39.1 Å². The number of nitrogens with two attached hydrogens (primary N) is 2. The fraction of sp³-hybridized carbons (Fsp3) is 0.238. The average Bonchev–Trinajstić information content (AvgIpc) is 3.08. The summed E-state index contributed by atoms with van der Waals surface area (Å²) in [5.41, 5.74) is 13.3. The highest BCUT2D eigenvalue weighted by atomic mass is 32.1. The van der Waals surface area contributed by atoms with Gasteiger partial charge in [0.05, 0.1) is 28.3 Å². The highest BCUT2D eigenvalue weighted by molar-refractivity contribution is 7.22. The van der Waals surface area contributed by atoms with Gasteiger partial charge in [-0.05, 0) is 36.1 Å². The van der Waals surface area contributed by atoms with E-state index >= 15 is 0 Å². The minimum absolute atomic E-state index is 0.0385. The summed E-state index contributed by atoms with van der Waals surface area (Å²) in [7, 11) is 1.62. The molecule has 4 rings (SSSR count). The number of hydrogen-bond donors (Lipinski definition) is 2. The number of carbonyl (C=O) groups is 2. The second kappa shape index (κ2) is 7.42. The number of fused-ring (bicyclic) bond motifs is 1. The summed E-state index contributed by atoms with van der Waals surface area (Å²) >= 11 is 1.45. The van der Waals surface area contributed by atoms with Crippen molar-refractivity contribution in [2.45, 2.75) is 12.8 Å². The SMILES string of the molecule is C=CC(=O)N1CC(c2nc(N)c(C(N)=O)c(-c3cc4cc(C)cc(OC)c4s3)n2)C1. The van der Waals surface area contributed by atoms with Gasteiger partial charge >= 0.3 is 0 Å². The molecule has 0 bridgehead atoms. The number of hydrogen-bond acceptors (Lipinski definition) is 7. The van der Waals surface area contributed by atoms with Crippen molar-refractivity contribution in [2.75, 3.05) is 25.9 Å². The van der Waals surface area contributed by atoms with Crippen molar-refractivity contribution in [2.24, 2.45) is 5.73 Å². The van der Waals surface area contributed by atoms with Crippen LogP contribution in [-0.2, 0) is 4.79 Å². The van der Waals surface area contributed by atoms with E-state index in [9.17, 15) is 9.59 Å². The molecule has 1 fully saturated rings. The standard InChI is InChI=1S/C21H21N5O3S/c1-4-15(27)26-8-12(9-26)21-24-17(16(20(23)28)19(22)25-21)14-7-11-5-10(2)6-13(29-3)18(11)30-14/h4-7,12H,1,8-9H2,2-3H3,(H2,23,28)(H2,22,24,25). The van der Waals surface area contributed by atoms with E-state index < -0.39 is 5.91 Å². The average molecular weight is 423 g/mol. The van der Waals surface area contributed by atoms with E-state index in [1.165, 1.54) is 17.4 Å². The molecule has 1 saturated heterocycles. The maximum atomic E-state index is 12.1. The Balaban J connectivity index is 1.81. The van der Waals surface area contributed by atoms with Gasteiger partial charge in [0.25, 0.3) is 5.91 Å². The van der Waals surface area contributed by atoms with Crippen LogP contribution < -0.4 is 16.2 Å². The Kier molecular flexibility index (Phi) is 4.90. The van der Waals surface area contributed by atoms with Gasteiger partial charge in [-0.2, -0.15) is 0 Å². The molecule has 0 atom stereocenters. The van der Waals surface area contributed by atoms with E-state index in [1.807, 2.05) is 25.1 Å². The monoisotopic (exact) mass is 423 g/mol. The third-order valence-electron chi connectivity index (χ3n) is 5.11. The van der Waals surface area contributed by atoms with Crippen molar-refractivity contribution in [1.82, 2.24) is 14.9 Å². The Bertz CT molecular complexity index is 1200. The van der Waals surface area contributed by atoms with Gasteiger partial charge in [0.2, 0.25) is 5.91 Å². The molecular weight excluding hydrogens is 402 g/mol. The number of anilines is 1. The van der Waals surface area contributed by atoms with Crippen molar-refractivity contribution in [1.29, 1.82) is 0 Å². The maximum absolute atomic E-state index is 12.1. The number of nitrogen functional groups attached to an aromatic ring is 1. The van der Waals surface area contributed by atoms with Crippen molar-refractivity contribution in [3.8, 4) is 16.3 Å². The molecule has 8 nitrogen and oxygen atoms in total. The number of methoxy groups -OCH3 is 1. The highest BCUT2D eigenvalue weighted by Gasteiger charge is 2.34. The molecule has 3 aromatic rings. The molecular formula is C21H21N5O3S. The first kappa shape index (κ1) is 19.8. The summed E-state index contributed by atoms with van der Waals surface area (Å²) in [6.45, 7) is 6.43. The van der Waals surface area contributed by atoms with Gasteiger partial charge in [-0.3, -0.25) is 9.59 Å². The zero-order chi connectivity index (χ0) is 21.6. The van der Waals surface area contributed by atoms with Crippen LogP contribution in [0.1, 0.15) is 27.7 Å². The summed E-state index contributed by atoms with van der Waals surface area (Å²) in [5.74, 6) is 0.384. The topological polar surface area (TPSA) is 124 Å². The summed E-state index contributed by atoms with van der Waals surface area (Å²) < 4.78 is 6.45. The number of thiophene rings is 1. The van der Waals surface area contributed by atoms with Crippen LogP contribution in [0, 0.1) is 6.92 Å². The zero-order valence-electron chi connectivity index (χ0n) is 16.6. The molecule has 0 spiro atoms. The molecule has 1 aromatic carbocycles. The minimum atomic E-state index is -0.688. The lowest BCUT2D eigenvalue weighted by Gasteiger charge is -2.37. The lowest BCUT2D eigenvalue weighted by molar-refractivity contribution is -0.130. The minimum Gasteiger partial charge on any atom is -0.495 e. The summed E-state index contributed by atoms with van der Waals surface area (Å²) in [6, 6.07) is 5.94. The lowest BCUT2D eigenvalue weighted by atomic mass is 9.98. The molecule has 3 heterocycles. The second-order valence-electron chi connectivity index (χ2n) is 7.20. The Morgan fingerprint density at radius 1 is 1.30 bits per heavy atom. The van der Waals surface area contributed by atoms with E-state index in [1.54, 1.807) is 12.0 Å². The summed E-state index contributed by atoms with van der Waals surface area (Å²) in [6.07, 6.45) is 1.28. The van der Waals surface area contributed by atoms with E-state index in [2.05, 4.69) is 16.5 Å². The Morgan fingerprint density at radius 3 is 2.67 bits per heavy atom. The number of aromatic nitrogens is 2. The van der Waals surface area contributed by atoms with Gasteiger partial charge in [0.15, 0.2) is 0 Å². The molecule has 9 heteroatoms. The number of aryl methyl sites for hydroxylation is 1. The number of amides is 2. The van der Waals surface area contributed by atoms with Crippen molar-refractivity contribution in [3.05, 3.63) is 47.8 Å². The van der Waals surface area contributed by atoms with E-state index in [0.29, 0.717) is 24.6 Å². The Morgan fingerprint density at radius 2 is 2.03 bits per heavy atom. The Hall–Kier alpha value is -3.46. The summed E-state index contributed by atoms with van der Waals surface area (Å²) in [5, 5.41) is 0.979. The van der Waals surface area contributed by atoms with Crippen LogP contribution in [0.25, 0.3) is 20.7 Å². The number of nitrogens with zero attached hydrogens (tertiary/aromatic N) is 3. The number of benzene rings is 1. The number of ether oxygens (including phenoxy) is 1. The molecule has 4 N–H and O–H groups in total. The molecule has 0 saturated carbocycles. The van der Waals surface area contributed by atoms with Gasteiger partial charge in [0, 0.05) is 13.1 Å². The predicted molar refractivity (Wildman–Crippen MR) is 117 cm³/mol. The van der Waals surface area contributed by atoms with Gasteiger partial charge in [-0.25, -0.2) is 9.97 Å². The molecule has 30 heavy (non-hydrogen) atoms. The maximum Gasteiger partial charge on any atom is 0.254 e. The van der Waals surface area contributed by atoms with Crippen LogP contribution in [0.3, 0.4) is 0 Å². The zero-order valence-corrected chi connectivity index (χ0v) is 17.5. The number of rotatable bonds is 5. The van der Waals surface area contributed by atoms with Crippen LogP contribution in [0.15, 0.2) is 30.9 Å². The predicted octanol–water partition coefficient (Wildman–Crippen LogP) is 2.47. The third kappa shape index (κ3) is 3.26. The fourth-order valence-electron chi connectivity index (χ4n) is 3.58. The number of likely N-dealkylation sites (tertiary alicyclic amines) is 1. The second-order valence-corrected chi connectivity index (χ2v) is 8.25. The van der Waals surface area contributed by atoms with Crippen molar-refractivity contribution < 1.29 is 14.3 Å². The van der Waals surface area contributed by atoms with Crippen LogP contribution in [-0.4, -0.2) is 46.9 Å². The lowest BCUT2D eigenvalue weighted by Crippen LogP contribution is -2.48. The first-order chi connectivity index (χ1) is 14.3. The number of carbonyl (C=O) groups excluding carboxylic acids is 2. The van der Waals surface area contributed by atoms with Gasteiger partial charge in [-0.1, -0.05) is 12.6 Å². The van der Waals surface area contributed by atoms with E-state index in [0.717, 1.165) is 26.3 Å². The highest BCUT2D eigenvalue weighted by Crippen LogP contribution is 2.41. The quantitative estimate of drug-likeness (QED) is 0.608. The largest absolute Gasteiger partial charge is 0.495 e. The molecule has 1 aliphatic heterocycles. The van der Waals surface area contributed by atoms with Gasteiger partial charge < -0.3 is 21.1 Å². The molecule has 0 radical (unpaired) electrons. The molecule has 2 amide bonds. The van der Waals surface area contributed by atoms with Crippen LogP contribution in [0.5, 0.6) is 5.75 Å². The molecule has 0 aliphatic carbocycles. The molecule has 154 valence electrons. The van der Waals surface area contributed by atoms with E-state index in [4.69, 9.17) is 16.2 Å². The molecule has 1 aliphatic rings. The molecule has 0 unspecified atom stereocenters. The van der Waals surface area contributed by atoms with E-state index in [-0.39, 0.29) is 23.2 Å². The summed E-state index contributed by atoms with van der Waals surface area (Å²) in [4.78, 5) is 35.2. The smallest absolute Gasteiger partial charge is 0.254 e. The van der Waals surface area contributed by atoms with Crippen LogP contribution in [0.4, 0.5) is 5.82 Å². The normalized spacial score (nSPS) is 13.9. The fourth-order valence-corrected chi connectivity index (χ4v) is 4.71. The first-order valence-electron chi connectivity index (χ1n) is 9.29. The van der Waals surface area contributed by atoms with Crippen LogP contribution >= 0.6 is 11.3 Å². The van der Waals surface area contributed by atoms with Crippen LogP contribution in [0.2, 0.25) is 0 Å². The molecule has 2 aromatic heterocycles. The number of primary amides is 1. The first-order valence-corrected chi connectivity index (χ1v) is 10.1. The third-order valence-corrected chi connectivity index (χ3v) is 6.29. The van der Waals surface area contributed by atoms with Crippen molar-refractivity contribution in [3.63, 3.8) is 0 Å². The van der Waals surface area contributed by atoms with Gasteiger partial charge in [0.1, 0.15) is 23.0 Å².